The Balaban J connectivity index is 1.31. The molecule has 0 radical (unpaired) electrons. The highest BCUT2D eigenvalue weighted by Gasteiger charge is 2.38. The average molecular weight is 439 g/mol. The van der Waals surface area contributed by atoms with Crippen molar-refractivity contribution in [2.45, 2.75) is 83.7 Å². The third-order valence-electron chi connectivity index (χ3n) is 8.30. The van der Waals surface area contributed by atoms with Crippen LogP contribution in [0.5, 0.6) is 5.75 Å². The normalized spacial score (nSPS) is 34.1. The van der Waals surface area contributed by atoms with Crippen molar-refractivity contribution in [3.05, 3.63) is 41.5 Å². The van der Waals surface area contributed by atoms with Crippen molar-refractivity contribution >= 4 is 0 Å². The molecule has 4 atom stereocenters. The van der Waals surface area contributed by atoms with Crippen LogP contribution in [-0.4, -0.2) is 6.61 Å². The van der Waals surface area contributed by atoms with Crippen LogP contribution < -0.4 is 4.74 Å². The van der Waals surface area contributed by atoms with Gasteiger partial charge in [-0.2, -0.15) is 8.78 Å². The Morgan fingerprint density at radius 2 is 1.35 bits per heavy atom. The minimum absolute atomic E-state index is 0.0912. The molecule has 0 aliphatic heterocycles. The summed E-state index contributed by atoms with van der Waals surface area (Å²) < 4.78 is 56.9. The predicted octanol–water partition coefficient (Wildman–Crippen LogP) is 8.25. The van der Waals surface area contributed by atoms with E-state index in [-0.39, 0.29) is 5.92 Å². The van der Waals surface area contributed by atoms with E-state index in [9.17, 15) is 17.6 Å². The Morgan fingerprint density at radius 3 is 1.97 bits per heavy atom. The molecule has 1 nitrogen and oxygen atoms in total. The fourth-order valence-electron chi connectivity index (χ4n) is 6.78. The molecule has 5 heteroatoms. The van der Waals surface area contributed by atoms with E-state index in [1.54, 1.807) is 0 Å². The van der Waals surface area contributed by atoms with Gasteiger partial charge >= 0.3 is 6.61 Å². The van der Waals surface area contributed by atoms with Crippen molar-refractivity contribution < 1.29 is 22.3 Å². The van der Waals surface area contributed by atoms with Crippen molar-refractivity contribution in [1.29, 1.82) is 0 Å². The molecule has 0 amide bonds. The summed E-state index contributed by atoms with van der Waals surface area (Å²) in [5.41, 5.74) is 0.570. The summed E-state index contributed by atoms with van der Waals surface area (Å²) in [4.78, 5) is 0. The number of ether oxygens (including phenoxy) is 1. The van der Waals surface area contributed by atoms with Crippen LogP contribution in [0.4, 0.5) is 17.6 Å². The van der Waals surface area contributed by atoms with Gasteiger partial charge in [0, 0.05) is 0 Å². The molecule has 31 heavy (non-hydrogen) atoms. The van der Waals surface area contributed by atoms with Gasteiger partial charge in [0.15, 0.2) is 17.4 Å². The second kappa shape index (κ2) is 9.95. The molecule has 4 rings (SSSR count). The number of allylic oxidation sites excluding steroid dienone is 2. The molecular weight excluding hydrogens is 404 g/mol. The van der Waals surface area contributed by atoms with Crippen molar-refractivity contribution in [2.24, 2.45) is 29.6 Å². The van der Waals surface area contributed by atoms with Crippen LogP contribution >= 0.6 is 0 Å². The Labute approximate surface area is 183 Å². The van der Waals surface area contributed by atoms with E-state index in [4.69, 9.17) is 0 Å². The van der Waals surface area contributed by atoms with Crippen LogP contribution in [-0.2, 0) is 0 Å². The first kappa shape index (κ1) is 22.7. The molecule has 3 saturated carbocycles. The zero-order valence-electron chi connectivity index (χ0n) is 18.3. The first-order valence-electron chi connectivity index (χ1n) is 12.0. The fourth-order valence-corrected chi connectivity index (χ4v) is 6.78. The number of hydrogen-bond donors (Lipinski definition) is 0. The van der Waals surface area contributed by atoms with Crippen molar-refractivity contribution in [1.82, 2.24) is 0 Å². The highest BCUT2D eigenvalue weighted by Crippen LogP contribution is 2.50. The maximum absolute atomic E-state index is 14.1. The summed E-state index contributed by atoms with van der Waals surface area (Å²) in [5.74, 6) is 1.08. The van der Waals surface area contributed by atoms with E-state index < -0.39 is 24.0 Å². The molecule has 1 aromatic rings. The van der Waals surface area contributed by atoms with Gasteiger partial charge in [-0.1, -0.05) is 12.2 Å². The van der Waals surface area contributed by atoms with Crippen LogP contribution in [0.3, 0.4) is 0 Å². The van der Waals surface area contributed by atoms with E-state index in [1.165, 1.54) is 50.7 Å². The second-order valence-corrected chi connectivity index (χ2v) is 10.00. The average Bonchev–Trinajstić information content (AvgIpc) is 2.76. The van der Waals surface area contributed by atoms with E-state index in [0.717, 1.165) is 49.4 Å². The monoisotopic (exact) mass is 438 g/mol. The highest BCUT2D eigenvalue weighted by atomic mass is 19.3. The summed E-state index contributed by atoms with van der Waals surface area (Å²) in [7, 11) is 0. The minimum atomic E-state index is -3.24. The zero-order chi connectivity index (χ0) is 22.0. The molecular formula is C26H34F4O. The minimum Gasteiger partial charge on any atom is -0.429 e. The number of fused-ring (bicyclic) bond motifs is 1. The highest BCUT2D eigenvalue weighted by molar-refractivity contribution is 5.33. The van der Waals surface area contributed by atoms with Crippen LogP contribution in [0.25, 0.3) is 0 Å². The number of hydrogen-bond acceptors (Lipinski definition) is 1. The first-order valence-corrected chi connectivity index (χ1v) is 12.0. The van der Waals surface area contributed by atoms with Crippen molar-refractivity contribution in [3.63, 3.8) is 0 Å². The summed E-state index contributed by atoms with van der Waals surface area (Å²) in [6.45, 7) is -1.12. The zero-order valence-corrected chi connectivity index (χ0v) is 18.3. The second-order valence-electron chi connectivity index (χ2n) is 10.00. The summed E-state index contributed by atoms with van der Waals surface area (Å²) in [6, 6.07) is 2.36. The summed E-state index contributed by atoms with van der Waals surface area (Å²) in [5, 5.41) is 0. The molecule has 1 aromatic carbocycles. The van der Waals surface area contributed by atoms with E-state index in [0.29, 0.717) is 11.5 Å². The van der Waals surface area contributed by atoms with Gasteiger partial charge in [0.05, 0.1) is 0 Å². The van der Waals surface area contributed by atoms with Gasteiger partial charge in [-0.05, 0) is 124 Å². The molecule has 0 spiro atoms. The summed E-state index contributed by atoms with van der Waals surface area (Å²) in [6.07, 6.45) is 16.7. The topological polar surface area (TPSA) is 9.23 Å². The van der Waals surface area contributed by atoms with Gasteiger partial charge < -0.3 is 4.74 Å². The molecule has 0 aromatic heterocycles. The predicted molar refractivity (Wildman–Crippen MR) is 114 cm³/mol. The van der Waals surface area contributed by atoms with Crippen molar-refractivity contribution in [2.75, 3.05) is 0 Å². The molecule has 3 fully saturated rings. The van der Waals surface area contributed by atoms with Crippen LogP contribution in [0.2, 0.25) is 0 Å². The van der Waals surface area contributed by atoms with Gasteiger partial charge in [-0.15, -0.1) is 0 Å². The molecule has 0 heterocycles. The first-order chi connectivity index (χ1) is 14.9. The number of rotatable bonds is 5. The Hall–Kier alpha value is -1.52. The molecule has 0 saturated heterocycles. The van der Waals surface area contributed by atoms with Gasteiger partial charge in [0.25, 0.3) is 0 Å². The Morgan fingerprint density at radius 1 is 0.806 bits per heavy atom. The smallest absolute Gasteiger partial charge is 0.387 e. The lowest BCUT2D eigenvalue weighted by Gasteiger charge is -2.45. The van der Waals surface area contributed by atoms with Gasteiger partial charge in [0.1, 0.15) is 0 Å². The van der Waals surface area contributed by atoms with Crippen molar-refractivity contribution in [3.8, 4) is 5.75 Å². The third-order valence-corrected chi connectivity index (χ3v) is 8.30. The molecule has 172 valence electrons. The number of alkyl halides is 2. The van der Waals surface area contributed by atoms with E-state index in [2.05, 4.69) is 23.8 Å². The Kier molecular flexibility index (Phi) is 7.28. The standard InChI is InChI=1S/C26H34F4O/c1-2-3-16-4-5-21-13-20(11-10-19(21)12-16)17-6-8-18(9-7-17)22-14-23(27)25(24(28)15-22)31-26(29)30/h2-3,14-21,26H,4-13H2,1H3/b3-2+. The van der Waals surface area contributed by atoms with Gasteiger partial charge in [0.2, 0.25) is 0 Å². The number of benzene rings is 1. The lowest BCUT2D eigenvalue weighted by molar-refractivity contribution is -0.0546. The van der Waals surface area contributed by atoms with E-state index >= 15 is 0 Å². The van der Waals surface area contributed by atoms with Gasteiger partial charge in [-0.25, -0.2) is 8.78 Å². The molecule has 0 N–H and O–H groups in total. The molecule has 3 aliphatic carbocycles. The SMILES string of the molecule is C/C=C/C1CCC2CC(C3CCC(c4cc(F)c(OC(F)F)c(F)c4)CC3)CCC2C1. The number of halogens is 4. The van der Waals surface area contributed by atoms with E-state index in [1.807, 2.05) is 0 Å². The fraction of sp³-hybridized carbons (Fsp3) is 0.692. The lowest BCUT2D eigenvalue weighted by atomic mass is 9.61. The quantitative estimate of drug-likeness (QED) is 0.332. The Bertz CT molecular complexity index is 746. The van der Waals surface area contributed by atoms with Crippen LogP contribution in [0.1, 0.15) is 82.6 Å². The lowest BCUT2D eigenvalue weighted by Crippen LogP contribution is -2.34. The summed E-state index contributed by atoms with van der Waals surface area (Å²) >= 11 is 0. The largest absolute Gasteiger partial charge is 0.429 e. The maximum atomic E-state index is 14.1. The van der Waals surface area contributed by atoms with Crippen LogP contribution in [0.15, 0.2) is 24.3 Å². The molecule has 0 bridgehead atoms. The molecule has 4 unspecified atom stereocenters. The maximum Gasteiger partial charge on any atom is 0.387 e. The van der Waals surface area contributed by atoms with Gasteiger partial charge in [-0.3, -0.25) is 0 Å². The van der Waals surface area contributed by atoms with Crippen LogP contribution in [0, 0.1) is 41.2 Å². The molecule has 3 aliphatic rings. The third kappa shape index (κ3) is 5.28.